The van der Waals surface area contributed by atoms with Gasteiger partial charge in [-0.1, -0.05) is 39.0 Å². The van der Waals surface area contributed by atoms with Gasteiger partial charge in [-0.05, 0) is 98.8 Å². The molecule has 4 heteroatoms. The van der Waals surface area contributed by atoms with E-state index in [0.29, 0.717) is 17.8 Å². The van der Waals surface area contributed by atoms with Gasteiger partial charge in [-0.3, -0.25) is 0 Å². The molecule has 188 valence electrons. The molecule has 6 rings (SSSR count). The molecule has 0 amide bonds. The highest BCUT2D eigenvalue weighted by atomic mass is 16.7. The zero-order valence-electron chi connectivity index (χ0n) is 21.5. The number of aryl methyl sites for hydroxylation is 1. The molecule has 0 bridgehead atoms. The van der Waals surface area contributed by atoms with Crippen LogP contribution in [0.15, 0.2) is 30.4 Å². The largest absolute Gasteiger partial charge is 0.465 e. The highest BCUT2D eigenvalue weighted by Crippen LogP contribution is 2.59. The average molecular weight is 469 g/mol. The number of rotatable bonds is 4. The third kappa shape index (κ3) is 4.70. The molecule has 0 N–H and O–H groups in total. The number of hydrogen-bond donors (Lipinski definition) is 0. The van der Waals surface area contributed by atoms with Crippen molar-refractivity contribution in [3.63, 3.8) is 0 Å². The van der Waals surface area contributed by atoms with Crippen molar-refractivity contribution in [1.29, 1.82) is 0 Å². The van der Waals surface area contributed by atoms with Gasteiger partial charge in [-0.2, -0.15) is 0 Å². The van der Waals surface area contributed by atoms with E-state index >= 15 is 0 Å². The van der Waals surface area contributed by atoms with Gasteiger partial charge in [0.2, 0.25) is 0 Å². The molecule has 4 nitrogen and oxygen atoms in total. The van der Waals surface area contributed by atoms with Gasteiger partial charge in [0.15, 0.2) is 12.6 Å². The molecule has 0 radical (unpaired) electrons. The monoisotopic (exact) mass is 468 g/mol. The lowest BCUT2D eigenvalue weighted by Gasteiger charge is -2.51. The van der Waals surface area contributed by atoms with Crippen molar-refractivity contribution in [3.05, 3.63) is 41.5 Å². The highest BCUT2D eigenvalue weighted by Gasteiger charge is 2.53. The summed E-state index contributed by atoms with van der Waals surface area (Å²) in [5, 5.41) is 0. The quantitative estimate of drug-likeness (QED) is 0.439. The van der Waals surface area contributed by atoms with Crippen LogP contribution in [0, 0.1) is 17.3 Å². The highest BCUT2D eigenvalue weighted by molar-refractivity contribution is 5.41. The molecule has 7 atom stereocenters. The van der Waals surface area contributed by atoms with Crippen molar-refractivity contribution in [1.82, 2.24) is 0 Å². The van der Waals surface area contributed by atoms with E-state index in [4.69, 9.17) is 18.9 Å². The van der Waals surface area contributed by atoms with Crippen molar-refractivity contribution < 1.29 is 18.9 Å². The number of hydrogen-bond acceptors (Lipinski definition) is 4. The van der Waals surface area contributed by atoms with Crippen LogP contribution < -0.4 is 4.74 Å². The second-order valence-corrected chi connectivity index (χ2v) is 10.9. The van der Waals surface area contributed by atoms with Crippen LogP contribution in [0.1, 0.15) is 95.6 Å². The first-order valence-corrected chi connectivity index (χ1v) is 14.1. The van der Waals surface area contributed by atoms with Crippen LogP contribution >= 0.6 is 0 Å². The standard InChI is InChI=1S/C28H38O4.C2H6/c1-28-15-14-22-21-11-9-20(31-26-6-2-4-16-29-26)18-19(21)8-10-23(22)24(28)12-13-25(28)32-27-7-3-5-17-30-27;1-2/h9,11-13,18,22-27H,2-8,10,14-17H2,1H3;1-2H3. The summed E-state index contributed by atoms with van der Waals surface area (Å²) in [6.07, 6.45) is 16.7. The first-order chi connectivity index (χ1) is 16.7. The van der Waals surface area contributed by atoms with E-state index in [0.717, 1.165) is 44.6 Å². The van der Waals surface area contributed by atoms with Gasteiger partial charge in [0.25, 0.3) is 0 Å². The first kappa shape index (κ1) is 24.3. The van der Waals surface area contributed by atoms with E-state index in [2.05, 4.69) is 37.3 Å². The van der Waals surface area contributed by atoms with E-state index in [9.17, 15) is 0 Å². The Morgan fingerprint density at radius 1 is 0.882 bits per heavy atom. The van der Waals surface area contributed by atoms with Crippen molar-refractivity contribution in [3.8, 4) is 5.75 Å². The fourth-order valence-corrected chi connectivity index (χ4v) is 7.18. The normalized spacial score (nSPS) is 38.7. The molecular formula is C30H44O4. The number of fused-ring (bicyclic) bond motifs is 5. The molecule has 5 aliphatic rings. The summed E-state index contributed by atoms with van der Waals surface area (Å²) in [4.78, 5) is 0. The Morgan fingerprint density at radius 3 is 2.38 bits per heavy atom. The molecule has 0 aromatic heterocycles. The maximum absolute atomic E-state index is 6.52. The minimum Gasteiger partial charge on any atom is -0.465 e. The topological polar surface area (TPSA) is 36.9 Å². The number of benzene rings is 1. The third-order valence-corrected chi connectivity index (χ3v) is 8.98. The summed E-state index contributed by atoms with van der Waals surface area (Å²) in [7, 11) is 0. The third-order valence-electron chi connectivity index (χ3n) is 8.98. The van der Waals surface area contributed by atoms with Gasteiger partial charge in [0.1, 0.15) is 5.75 Å². The lowest BCUT2D eigenvalue weighted by Crippen LogP contribution is -2.46. The Balaban J connectivity index is 0.00000117. The van der Waals surface area contributed by atoms with E-state index in [-0.39, 0.29) is 24.1 Å². The van der Waals surface area contributed by atoms with Crippen molar-refractivity contribution in [2.75, 3.05) is 13.2 Å². The molecule has 2 saturated heterocycles. The maximum atomic E-state index is 6.52. The van der Waals surface area contributed by atoms with Gasteiger partial charge < -0.3 is 18.9 Å². The van der Waals surface area contributed by atoms with Gasteiger partial charge in [-0.25, -0.2) is 0 Å². The predicted molar refractivity (Wildman–Crippen MR) is 135 cm³/mol. The fourth-order valence-electron chi connectivity index (χ4n) is 7.18. The lowest BCUT2D eigenvalue weighted by atomic mass is 9.55. The molecule has 2 heterocycles. The molecule has 1 aromatic rings. The predicted octanol–water partition coefficient (Wildman–Crippen LogP) is 7.16. The van der Waals surface area contributed by atoms with Gasteiger partial charge in [0, 0.05) is 18.4 Å². The first-order valence-electron chi connectivity index (χ1n) is 14.1. The van der Waals surface area contributed by atoms with Gasteiger partial charge in [0.05, 0.1) is 12.7 Å². The summed E-state index contributed by atoms with van der Waals surface area (Å²) in [5.74, 6) is 2.96. The summed E-state index contributed by atoms with van der Waals surface area (Å²) in [6, 6.07) is 6.84. The second-order valence-electron chi connectivity index (χ2n) is 10.9. The smallest absolute Gasteiger partial charge is 0.199 e. The average Bonchev–Trinajstić information content (AvgIpc) is 3.22. The summed E-state index contributed by atoms with van der Waals surface area (Å²) < 4.78 is 24.4. The Bertz CT molecular complexity index is 838. The molecule has 1 aromatic carbocycles. The van der Waals surface area contributed by atoms with Crippen LogP contribution in [0.5, 0.6) is 5.75 Å². The molecular weight excluding hydrogens is 424 g/mol. The number of ether oxygens (including phenoxy) is 4. The Kier molecular flexibility index (Phi) is 7.67. The fraction of sp³-hybridized carbons (Fsp3) is 0.733. The zero-order chi connectivity index (χ0) is 23.5. The van der Waals surface area contributed by atoms with Crippen LogP contribution in [0.4, 0.5) is 0 Å². The van der Waals surface area contributed by atoms with Crippen LogP contribution in [0.25, 0.3) is 0 Å². The molecule has 7 unspecified atom stereocenters. The number of allylic oxidation sites excluding steroid dienone is 1. The minimum absolute atomic E-state index is 0.00894. The van der Waals surface area contributed by atoms with Crippen LogP contribution in [0.2, 0.25) is 0 Å². The van der Waals surface area contributed by atoms with Gasteiger partial charge in [-0.15, -0.1) is 0 Å². The molecule has 2 aliphatic heterocycles. The Hall–Kier alpha value is -1.36. The maximum Gasteiger partial charge on any atom is 0.199 e. The van der Waals surface area contributed by atoms with Crippen molar-refractivity contribution >= 4 is 0 Å². The van der Waals surface area contributed by atoms with E-state index in [1.165, 1.54) is 44.1 Å². The second kappa shape index (κ2) is 10.7. The molecule has 34 heavy (non-hydrogen) atoms. The van der Waals surface area contributed by atoms with Gasteiger partial charge >= 0.3 is 0 Å². The Labute approximate surface area is 206 Å². The molecule has 1 saturated carbocycles. The molecule has 3 aliphatic carbocycles. The van der Waals surface area contributed by atoms with Crippen LogP contribution in [-0.2, 0) is 20.6 Å². The van der Waals surface area contributed by atoms with E-state index in [1.54, 1.807) is 5.56 Å². The lowest BCUT2D eigenvalue weighted by molar-refractivity contribution is -0.205. The molecule has 3 fully saturated rings. The minimum atomic E-state index is -0.0674. The van der Waals surface area contributed by atoms with Crippen LogP contribution in [-0.4, -0.2) is 31.9 Å². The summed E-state index contributed by atoms with van der Waals surface area (Å²) in [5.41, 5.74) is 3.27. The molecule has 0 spiro atoms. The Morgan fingerprint density at radius 2 is 1.65 bits per heavy atom. The zero-order valence-corrected chi connectivity index (χ0v) is 21.5. The van der Waals surface area contributed by atoms with Crippen molar-refractivity contribution in [2.24, 2.45) is 17.3 Å². The SMILES string of the molecule is CC.CC12CCC3c4ccc(OC5CCCCO5)cc4CCC3C1C=CC2OC1CCCCO1. The van der Waals surface area contributed by atoms with E-state index < -0.39 is 0 Å². The summed E-state index contributed by atoms with van der Waals surface area (Å²) in [6.45, 7) is 8.14. The van der Waals surface area contributed by atoms with Crippen LogP contribution in [0.3, 0.4) is 0 Å². The summed E-state index contributed by atoms with van der Waals surface area (Å²) >= 11 is 0. The van der Waals surface area contributed by atoms with E-state index in [1.807, 2.05) is 13.8 Å². The van der Waals surface area contributed by atoms with Crippen molar-refractivity contribution in [2.45, 2.75) is 110 Å².